The molecular weight excluding hydrogens is 446 g/mol. The van der Waals surface area contributed by atoms with Crippen molar-refractivity contribution in [3.63, 3.8) is 0 Å². The van der Waals surface area contributed by atoms with Gasteiger partial charge in [0.15, 0.2) is 0 Å². The summed E-state index contributed by atoms with van der Waals surface area (Å²) >= 11 is 5.97. The first-order chi connectivity index (χ1) is 15.8. The van der Waals surface area contributed by atoms with Crippen LogP contribution in [-0.2, 0) is 19.1 Å². The second-order valence-electron chi connectivity index (χ2n) is 9.26. The van der Waals surface area contributed by atoms with Crippen LogP contribution in [-0.4, -0.2) is 65.2 Å². The number of hydrogen-bond donors (Lipinski definition) is 3. The van der Waals surface area contributed by atoms with Crippen LogP contribution in [0.3, 0.4) is 0 Å². The summed E-state index contributed by atoms with van der Waals surface area (Å²) in [4.78, 5) is 42.0. The number of ether oxygens (including phenoxy) is 1. The summed E-state index contributed by atoms with van der Waals surface area (Å²) in [6, 6.07) is 5.98. The second-order valence-corrected chi connectivity index (χ2v) is 9.70. The average Bonchev–Trinajstić information content (AvgIpc) is 3.41. The van der Waals surface area contributed by atoms with Crippen molar-refractivity contribution in [1.82, 2.24) is 10.2 Å². The normalized spacial score (nSPS) is 32.2. The number of unbranched alkanes of at least 4 members (excludes halogenated alkanes) is 2. The number of aliphatic hydroxyl groups is 1. The Morgan fingerprint density at radius 3 is 2.55 bits per heavy atom. The Labute approximate surface area is 199 Å². The molecule has 0 radical (unpaired) electrons. The highest BCUT2D eigenvalue weighted by molar-refractivity contribution is 6.30. The van der Waals surface area contributed by atoms with Crippen molar-refractivity contribution in [2.24, 2.45) is 11.8 Å². The van der Waals surface area contributed by atoms with Gasteiger partial charge in [-0.15, -0.1) is 0 Å². The predicted molar refractivity (Wildman–Crippen MR) is 124 cm³/mol. The summed E-state index contributed by atoms with van der Waals surface area (Å²) in [5.74, 6) is -2.04. The number of hydrogen-bond acceptors (Lipinski definition) is 5. The summed E-state index contributed by atoms with van der Waals surface area (Å²) in [6.07, 6.45) is 3.81. The first-order valence-electron chi connectivity index (χ1n) is 11.7. The summed E-state index contributed by atoms with van der Waals surface area (Å²) < 4.78 is 6.63. The van der Waals surface area contributed by atoms with Gasteiger partial charge in [0.2, 0.25) is 17.7 Å². The molecule has 33 heavy (non-hydrogen) atoms. The van der Waals surface area contributed by atoms with E-state index >= 15 is 0 Å². The Hall–Kier alpha value is -2.16. The molecule has 4 rings (SSSR count). The van der Waals surface area contributed by atoms with Crippen LogP contribution < -0.4 is 10.6 Å². The minimum atomic E-state index is -1.03. The van der Waals surface area contributed by atoms with Gasteiger partial charge in [-0.3, -0.25) is 14.4 Å². The Bertz CT molecular complexity index is 925. The molecule has 9 heteroatoms. The first-order valence-corrected chi connectivity index (χ1v) is 12.1. The Balaban J connectivity index is 1.69. The summed E-state index contributed by atoms with van der Waals surface area (Å²) in [5, 5.41) is 15.3. The summed E-state index contributed by atoms with van der Waals surface area (Å²) in [6.45, 7) is 2.43. The van der Waals surface area contributed by atoms with Gasteiger partial charge in [0.1, 0.15) is 11.6 Å². The maximum Gasteiger partial charge on any atom is 0.250 e. The molecule has 2 unspecified atom stereocenters. The number of benzene rings is 1. The zero-order valence-electron chi connectivity index (χ0n) is 19.1. The molecule has 3 aliphatic heterocycles. The molecule has 0 aromatic heterocycles. The van der Waals surface area contributed by atoms with Crippen LogP contribution in [0.2, 0.25) is 5.02 Å². The number of halogens is 1. The van der Waals surface area contributed by atoms with Gasteiger partial charge in [-0.05, 0) is 62.8 Å². The minimum absolute atomic E-state index is 0.0852. The fourth-order valence-electron chi connectivity index (χ4n) is 6.13. The smallest absolute Gasteiger partial charge is 0.250 e. The zero-order chi connectivity index (χ0) is 23.8. The fraction of sp³-hybridized carbons (Fsp3) is 0.625. The number of carbonyl (C=O) groups is 3. The number of nitrogens with zero attached hydrogens (tertiary/aromatic N) is 1. The SMILES string of the molecule is CC[C@@]12CCC3(O1)C(C(=O)Nc1ccc(Cl)cc1)N(CCCCCO)C(=O)[C@@H]3[C@@H]2C(=O)NC. The lowest BCUT2D eigenvalue weighted by atomic mass is 9.65. The van der Waals surface area contributed by atoms with Crippen LogP contribution in [0.5, 0.6) is 0 Å². The van der Waals surface area contributed by atoms with Crippen LogP contribution in [0.1, 0.15) is 45.4 Å². The largest absolute Gasteiger partial charge is 0.396 e. The molecule has 2 bridgehead atoms. The van der Waals surface area contributed by atoms with Gasteiger partial charge in [-0.2, -0.15) is 0 Å². The lowest BCUT2D eigenvalue weighted by molar-refractivity contribution is -0.145. The van der Waals surface area contributed by atoms with E-state index in [2.05, 4.69) is 10.6 Å². The lowest BCUT2D eigenvalue weighted by Gasteiger charge is -2.33. The highest BCUT2D eigenvalue weighted by atomic mass is 35.5. The topological polar surface area (TPSA) is 108 Å². The van der Waals surface area contributed by atoms with E-state index in [1.165, 1.54) is 0 Å². The van der Waals surface area contributed by atoms with Gasteiger partial charge in [0, 0.05) is 30.9 Å². The minimum Gasteiger partial charge on any atom is -0.396 e. The van der Waals surface area contributed by atoms with Crippen molar-refractivity contribution >= 4 is 35.0 Å². The van der Waals surface area contributed by atoms with E-state index in [4.69, 9.17) is 21.4 Å². The maximum absolute atomic E-state index is 13.8. The number of carbonyl (C=O) groups excluding carboxylic acids is 3. The third-order valence-electron chi connectivity index (χ3n) is 7.63. The number of aliphatic hydroxyl groups excluding tert-OH is 1. The predicted octanol–water partition coefficient (Wildman–Crippen LogP) is 2.34. The van der Waals surface area contributed by atoms with E-state index in [9.17, 15) is 14.4 Å². The molecule has 3 N–H and O–H groups in total. The molecule has 5 atom stereocenters. The van der Waals surface area contributed by atoms with Crippen LogP contribution in [0.4, 0.5) is 5.69 Å². The van der Waals surface area contributed by atoms with Gasteiger partial charge in [0.25, 0.3) is 0 Å². The molecule has 3 aliphatic rings. The van der Waals surface area contributed by atoms with E-state index in [-0.39, 0.29) is 24.3 Å². The van der Waals surface area contributed by atoms with Crippen molar-refractivity contribution in [2.75, 3.05) is 25.5 Å². The highest BCUT2D eigenvalue weighted by Crippen LogP contribution is 2.64. The van der Waals surface area contributed by atoms with Crippen LogP contribution in [0, 0.1) is 11.8 Å². The van der Waals surface area contributed by atoms with E-state index in [1.54, 1.807) is 36.2 Å². The van der Waals surface area contributed by atoms with Crippen molar-refractivity contribution in [3.05, 3.63) is 29.3 Å². The molecule has 3 amide bonds. The zero-order valence-corrected chi connectivity index (χ0v) is 19.9. The van der Waals surface area contributed by atoms with Crippen molar-refractivity contribution in [1.29, 1.82) is 0 Å². The van der Waals surface area contributed by atoms with Gasteiger partial charge in [-0.25, -0.2) is 0 Å². The van der Waals surface area contributed by atoms with E-state index < -0.39 is 29.1 Å². The monoisotopic (exact) mass is 477 g/mol. The average molecular weight is 478 g/mol. The summed E-state index contributed by atoms with van der Waals surface area (Å²) in [7, 11) is 1.57. The van der Waals surface area contributed by atoms with Crippen LogP contribution in [0.15, 0.2) is 24.3 Å². The lowest BCUT2D eigenvalue weighted by Crippen LogP contribution is -2.53. The van der Waals surface area contributed by atoms with Gasteiger partial charge in [0.05, 0.1) is 17.4 Å². The van der Waals surface area contributed by atoms with E-state index in [0.717, 1.165) is 6.42 Å². The van der Waals surface area contributed by atoms with Crippen molar-refractivity contribution < 1.29 is 24.2 Å². The molecule has 1 spiro atoms. The van der Waals surface area contributed by atoms with Crippen LogP contribution >= 0.6 is 11.6 Å². The van der Waals surface area contributed by atoms with Crippen molar-refractivity contribution in [3.8, 4) is 0 Å². The molecule has 3 fully saturated rings. The molecule has 3 heterocycles. The standard InChI is InChI=1S/C24H32ClN3O5/c1-3-23-11-12-24(33-23)18(17(23)20(30)26-2)22(32)28(13-5-4-6-14-29)19(24)21(31)27-16-9-7-15(25)8-10-16/h7-10,17-19,29H,3-6,11-14H2,1-2H3,(H,26,30)(H,27,31)/t17-,18+,19?,23+,24?/m1/s1. The maximum atomic E-state index is 13.8. The number of rotatable bonds is 9. The van der Waals surface area contributed by atoms with Gasteiger partial charge < -0.3 is 25.4 Å². The number of anilines is 1. The molecule has 3 saturated heterocycles. The quantitative estimate of drug-likeness (QED) is 0.473. The molecule has 8 nitrogen and oxygen atoms in total. The number of likely N-dealkylation sites (tertiary alicyclic amines) is 1. The number of nitrogens with one attached hydrogen (secondary N) is 2. The van der Waals surface area contributed by atoms with E-state index in [1.807, 2.05) is 6.92 Å². The third kappa shape index (κ3) is 3.82. The first kappa shape index (κ1) is 24.0. The van der Waals surface area contributed by atoms with Crippen LogP contribution in [0.25, 0.3) is 0 Å². The Morgan fingerprint density at radius 2 is 1.91 bits per heavy atom. The summed E-state index contributed by atoms with van der Waals surface area (Å²) in [5.41, 5.74) is -1.18. The third-order valence-corrected chi connectivity index (χ3v) is 7.88. The molecule has 0 aliphatic carbocycles. The van der Waals surface area contributed by atoms with E-state index in [0.29, 0.717) is 49.4 Å². The van der Waals surface area contributed by atoms with Gasteiger partial charge >= 0.3 is 0 Å². The number of fused-ring (bicyclic) bond motifs is 1. The second kappa shape index (κ2) is 9.24. The molecule has 180 valence electrons. The molecular formula is C24H32ClN3O5. The van der Waals surface area contributed by atoms with Gasteiger partial charge in [-0.1, -0.05) is 18.5 Å². The highest BCUT2D eigenvalue weighted by Gasteiger charge is 2.78. The molecule has 1 aromatic rings. The Kier molecular flexibility index (Phi) is 6.71. The fourth-order valence-corrected chi connectivity index (χ4v) is 6.25. The molecule has 0 saturated carbocycles. The number of amides is 3. The Morgan fingerprint density at radius 1 is 1.18 bits per heavy atom. The molecule has 1 aromatic carbocycles. The van der Waals surface area contributed by atoms with Crippen molar-refractivity contribution in [2.45, 2.75) is 62.7 Å².